The van der Waals surface area contributed by atoms with Crippen LogP contribution in [0.25, 0.3) is 28.1 Å². The number of hydrogen-bond acceptors (Lipinski definition) is 5. The average Bonchev–Trinajstić information content (AvgIpc) is 3.54. The first-order chi connectivity index (χ1) is 23.4. The van der Waals surface area contributed by atoms with Gasteiger partial charge in [0.25, 0.3) is 5.91 Å². The highest BCUT2D eigenvalue weighted by Gasteiger charge is 2.25. The van der Waals surface area contributed by atoms with Gasteiger partial charge in [-0.2, -0.15) is 0 Å². The number of carbonyl (C=O) groups is 3. The lowest BCUT2D eigenvalue weighted by Gasteiger charge is -2.05. The maximum Gasteiger partial charge on any atom is 0.307 e. The topological polar surface area (TPSA) is 134 Å². The first-order valence-corrected chi connectivity index (χ1v) is 16.9. The summed E-state index contributed by atoms with van der Waals surface area (Å²) in [7, 11) is -1.04. The molecule has 0 saturated heterocycles. The van der Waals surface area contributed by atoms with Gasteiger partial charge in [-0.3, -0.25) is 23.2 Å². The zero-order chi connectivity index (χ0) is 35.4. The van der Waals surface area contributed by atoms with E-state index in [0.717, 1.165) is 27.2 Å². The molecule has 3 N–H and O–H groups in total. The molecule has 49 heavy (non-hydrogen) atoms. The number of rotatable bonds is 8. The molecule has 11 heteroatoms. The van der Waals surface area contributed by atoms with E-state index in [1.165, 1.54) is 22.9 Å². The fourth-order valence-corrected chi connectivity index (χ4v) is 6.35. The van der Waals surface area contributed by atoms with Gasteiger partial charge in [0.15, 0.2) is 0 Å². The number of nitrogens with zero attached hydrogens (tertiary/aromatic N) is 1. The molecule has 0 saturated carbocycles. The third-order valence-electron chi connectivity index (χ3n) is 8.09. The normalized spacial score (nSPS) is 13.6. The van der Waals surface area contributed by atoms with Gasteiger partial charge in [-0.1, -0.05) is 35.9 Å². The molecule has 8 nitrogen and oxygen atoms in total. The van der Waals surface area contributed by atoms with Crippen LogP contribution in [0.1, 0.15) is 51.5 Å². The highest BCUT2D eigenvalue weighted by atomic mass is 35.5. The van der Waals surface area contributed by atoms with E-state index in [1.54, 1.807) is 66.9 Å². The molecule has 0 bridgehead atoms. The summed E-state index contributed by atoms with van der Waals surface area (Å²) in [4.78, 5) is 35.8. The van der Waals surface area contributed by atoms with Crippen LogP contribution >= 0.6 is 11.6 Å². The van der Waals surface area contributed by atoms with Crippen molar-refractivity contribution in [3.8, 4) is 0 Å². The Morgan fingerprint density at radius 1 is 0.878 bits per heavy atom. The van der Waals surface area contributed by atoms with Crippen molar-refractivity contribution in [3.05, 3.63) is 141 Å². The van der Waals surface area contributed by atoms with E-state index in [1.807, 2.05) is 25.1 Å². The second-order valence-corrected chi connectivity index (χ2v) is 13.2. The number of aromatic nitrogens is 1. The molecule has 0 fully saturated rings. The Balaban J connectivity index is 0.000000191. The van der Waals surface area contributed by atoms with Gasteiger partial charge >= 0.3 is 11.9 Å². The van der Waals surface area contributed by atoms with Gasteiger partial charge in [0, 0.05) is 44.1 Å². The molecule has 0 amide bonds. The fraction of sp³-hybridized carbons (Fsp3) is 0.132. The minimum absolute atomic E-state index is 0.145. The van der Waals surface area contributed by atoms with Crippen LogP contribution in [0.3, 0.4) is 0 Å². The number of hydrogen-bond donors (Lipinski definition) is 3. The number of carbonyl (C=O) groups excluding carboxylic acids is 1. The second-order valence-electron chi connectivity index (χ2n) is 11.4. The molecule has 1 aliphatic carbocycles. The van der Waals surface area contributed by atoms with Gasteiger partial charge in [0.05, 0.1) is 25.0 Å². The van der Waals surface area contributed by atoms with Gasteiger partial charge in [-0.25, -0.2) is 4.39 Å². The SMILES string of the molecule is CC1=C(CC(=O)O)c2cc(F)ccc2/C1=C\c1ccc(S(C)=O)cc1.O=C(O)Cc1cn(C(=O)c2ccc(Cl)cc2)c2ccc(CO)cc12. The highest BCUT2D eigenvalue weighted by molar-refractivity contribution is 7.84. The molecule has 1 unspecified atom stereocenters. The summed E-state index contributed by atoms with van der Waals surface area (Å²) >= 11 is 5.85. The Morgan fingerprint density at radius 2 is 1.55 bits per heavy atom. The smallest absolute Gasteiger partial charge is 0.307 e. The number of carboxylic acids is 2. The molecule has 1 atom stereocenters. The lowest BCUT2D eigenvalue weighted by Crippen LogP contribution is -2.10. The Bertz CT molecular complexity index is 2180. The predicted molar refractivity (Wildman–Crippen MR) is 188 cm³/mol. The first kappa shape index (κ1) is 35.2. The van der Waals surface area contributed by atoms with E-state index in [4.69, 9.17) is 21.8 Å². The zero-order valence-corrected chi connectivity index (χ0v) is 28.0. The van der Waals surface area contributed by atoms with Crippen molar-refractivity contribution in [2.24, 2.45) is 0 Å². The van der Waals surface area contributed by atoms with Crippen LogP contribution in [0.15, 0.2) is 102 Å². The third kappa shape index (κ3) is 7.94. The molecular formula is C38H31ClFNO7S. The van der Waals surface area contributed by atoms with E-state index >= 15 is 0 Å². The van der Waals surface area contributed by atoms with Gasteiger partial charge < -0.3 is 15.3 Å². The van der Waals surface area contributed by atoms with E-state index in [-0.39, 0.29) is 31.2 Å². The summed E-state index contributed by atoms with van der Waals surface area (Å²) in [5.74, 6) is -2.58. The summed E-state index contributed by atoms with van der Waals surface area (Å²) in [6.45, 7) is 1.70. The zero-order valence-electron chi connectivity index (χ0n) is 26.4. The summed E-state index contributed by atoms with van der Waals surface area (Å²) < 4.78 is 26.6. The molecule has 0 spiro atoms. The van der Waals surface area contributed by atoms with E-state index < -0.39 is 22.7 Å². The maximum absolute atomic E-state index is 13.7. The third-order valence-corrected chi connectivity index (χ3v) is 9.28. The standard InChI is InChI=1S/C20H17FO3S.C18H14ClNO4/c1-12-17(9-13-3-6-15(7-4-13)25(2)24)16-8-5-14(21)10-19(16)18(12)11-20(22)23;19-14-4-2-12(3-5-14)18(24)20-9-13(8-17(22)23)15-7-11(10-21)1-6-16(15)20/h3-10H,11H2,1-2H3,(H,22,23);1-7,9,21H,8,10H2,(H,22,23)/b17-9-;. The number of carboxylic acid groups (broad SMARTS) is 2. The first-order valence-electron chi connectivity index (χ1n) is 15.0. The molecule has 0 aliphatic heterocycles. The van der Waals surface area contributed by atoms with Crippen LogP contribution in [-0.4, -0.2) is 48.2 Å². The predicted octanol–water partition coefficient (Wildman–Crippen LogP) is 7.47. The number of aliphatic hydroxyl groups is 1. The Hall–Kier alpha value is -5.16. The van der Waals surface area contributed by atoms with Gasteiger partial charge in [0.1, 0.15) is 5.82 Å². The monoisotopic (exact) mass is 699 g/mol. The molecule has 1 aromatic heterocycles. The lowest BCUT2D eigenvalue weighted by atomic mass is 10.0. The molecule has 5 aromatic rings. The van der Waals surface area contributed by atoms with Gasteiger partial charge in [-0.15, -0.1) is 0 Å². The molecule has 250 valence electrons. The quantitative estimate of drug-likeness (QED) is 0.153. The maximum atomic E-state index is 13.7. The summed E-state index contributed by atoms with van der Waals surface area (Å²) in [5.41, 5.74) is 6.97. The lowest BCUT2D eigenvalue weighted by molar-refractivity contribution is -0.137. The van der Waals surface area contributed by atoms with Crippen molar-refractivity contribution in [1.82, 2.24) is 4.57 Å². The van der Waals surface area contributed by atoms with Crippen LogP contribution in [-0.2, 0) is 33.4 Å². The van der Waals surface area contributed by atoms with E-state index in [9.17, 15) is 28.1 Å². The van der Waals surface area contributed by atoms with E-state index in [2.05, 4.69) is 0 Å². The van der Waals surface area contributed by atoms with Crippen molar-refractivity contribution >= 4 is 68.4 Å². The minimum Gasteiger partial charge on any atom is -0.481 e. The van der Waals surface area contributed by atoms with Gasteiger partial charge in [-0.05, 0) is 118 Å². The largest absolute Gasteiger partial charge is 0.481 e. The van der Waals surface area contributed by atoms with Crippen LogP contribution in [0, 0.1) is 5.82 Å². The summed E-state index contributed by atoms with van der Waals surface area (Å²) in [6.07, 6.45) is 4.76. The number of fused-ring (bicyclic) bond motifs is 2. The van der Waals surface area contributed by atoms with Crippen molar-refractivity contribution in [1.29, 1.82) is 0 Å². The second kappa shape index (κ2) is 14.9. The molecule has 1 heterocycles. The molecular weight excluding hydrogens is 669 g/mol. The molecule has 1 aliphatic rings. The van der Waals surface area contributed by atoms with Crippen LogP contribution in [0.5, 0.6) is 0 Å². The number of allylic oxidation sites excluding steroid dienone is 2. The summed E-state index contributed by atoms with van der Waals surface area (Å²) in [5, 5.41) is 28.7. The molecule has 0 radical (unpaired) electrons. The average molecular weight is 700 g/mol. The number of aliphatic carboxylic acids is 2. The van der Waals surface area contributed by atoms with Crippen LogP contribution in [0.2, 0.25) is 5.02 Å². The molecule has 6 rings (SSSR count). The number of halogens is 2. The van der Waals surface area contributed by atoms with Crippen LogP contribution < -0.4 is 0 Å². The number of benzene rings is 4. The number of aliphatic hydroxyl groups excluding tert-OH is 1. The highest BCUT2D eigenvalue weighted by Crippen LogP contribution is 2.43. The Labute approximate surface area is 288 Å². The van der Waals surface area contributed by atoms with Crippen molar-refractivity contribution < 1.29 is 38.3 Å². The Kier molecular flexibility index (Phi) is 10.7. The Morgan fingerprint density at radius 3 is 2.16 bits per heavy atom. The molecule has 4 aromatic carbocycles. The van der Waals surface area contributed by atoms with Crippen molar-refractivity contribution in [2.75, 3.05) is 6.26 Å². The van der Waals surface area contributed by atoms with Crippen LogP contribution in [0.4, 0.5) is 4.39 Å². The van der Waals surface area contributed by atoms with Gasteiger partial charge in [0.2, 0.25) is 0 Å². The van der Waals surface area contributed by atoms with Crippen molar-refractivity contribution in [2.45, 2.75) is 31.3 Å². The fourth-order valence-electron chi connectivity index (χ4n) is 5.70. The summed E-state index contributed by atoms with van der Waals surface area (Å²) in [6, 6.07) is 23.4. The van der Waals surface area contributed by atoms with Crippen molar-refractivity contribution in [3.63, 3.8) is 0 Å². The minimum atomic E-state index is -1.04. The van der Waals surface area contributed by atoms with E-state index in [0.29, 0.717) is 43.8 Å².